The molecule has 4 heteroatoms. The Morgan fingerprint density at radius 1 is 1.15 bits per heavy atom. The first-order chi connectivity index (χ1) is 12.7. The molecule has 0 N–H and O–H groups in total. The number of benzene rings is 1. The molecule has 0 atom stereocenters. The van der Waals surface area contributed by atoms with Crippen molar-refractivity contribution in [1.82, 2.24) is 9.80 Å². The first kappa shape index (κ1) is 18.7. The molecule has 0 saturated carbocycles. The van der Waals surface area contributed by atoms with Gasteiger partial charge in [-0.25, -0.2) is 0 Å². The second-order valence-corrected chi connectivity index (χ2v) is 7.31. The zero-order valence-corrected chi connectivity index (χ0v) is 16.0. The Hall–Kier alpha value is -2.07. The molecule has 0 unspecified atom stereocenters. The number of rotatable bonds is 7. The highest BCUT2D eigenvalue weighted by atomic mass is 16.3. The Balaban J connectivity index is 1.63. The molecule has 0 aliphatic carbocycles. The fraction of sp³-hybridized carbons (Fsp3) is 0.500. The van der Waals surface area contributed by atoms with Crippen molar-refractivity contribution in [3.8, 4) is 0 Å². The Kier molecular flexibility index (Phi) is 6.51. The third-order valence-electron chi connectivity index (χ3n) is 5.41. The van der Waals surface area contributed by atoms with Crippen LogP contribution in [0.15, 0.2) is 47.1 Å². The molecule has 2 aromatic rings. The van der Waals surface area contributed by atoms with Crippen LogP contribution in [0.1, 0.15) is 43.1 Å². The van der Waals surface area contributed by atoms with Crippen molar-refractivity contribution in [2.75, 3.05) is 20.1 Å². The van der Waals surface area contributed by atoms with Crippen LogP contribution in [0.4, 0.5) is 0 Å². The summed E-state index contributed by atoms with van der Waals surface area (Å²) >= 11 is 0. The highest BCUT2D eigenvalue weighted by Crippen LogP contribution is 2.20. The third kappa shape index (κ3) is 4.98. The number of furan rings is 1. The second-order valence-electron chi connectivity index (χ2n) is 7.31. The molecular weight excluding hydrogens is 324 g/mol. The van der Waals surface area contributed by atoms with E-state index in [-0.39, 0.29) is 5.91 Å². The highest BCUT2D eigenvalue weighted by Gasteiger charge is 2.27. The van der Waals surface area contributed by atoms with Gasteiger partial charge in [-0.15, -0.1) is 0 Å². The maximum absolute atomic E-state index is 13.0. The summed E-state index contributed by atoms with van der Waals surface area (Å²) in [6.07, 6.45) is 6.15. The van der Waals surface area contributed by atoms with Crippen molar-refractivity contribution in [2.24, 2.45) is 0 Å². The molecule has 0 spiro atoms. The summed E-state index contributed by atoms with van der Waals surface area (Å²) in [5.41, 5.74) is 2.57. The number of nitrogens with zero attached hydrogens (tertiary/aromatic N) is 2. The Bertz CT molecular complexity index is 671. The summed E-state index contributed by atoms with van der Waals surface area (Å²) in [6.45, 7) is 4.83. The highest BCUT2D eigenvalue weighted by molar-refractivity contribution is 5.76. The number of piperidine rings is 1. The van der Waals surface area contributed by atoms with E-state index in [0.29, 0.717) is 19.0 Å². The number of hydrogen-bond acceptors (Lipinski definition) is 3. The van der Waals surface area contributed by atoms with Gasteiger partial charge >= 0.3 is 0 Å². The topological polar surface area (TPSA) is 36.7 Å². The molecule has 26 heavy (non-hydrogen) atoms. The molecule has 1 aromatic heterocycles. The minimum absolute atomic E-state index is 0.232. The summed E-state index contributed by atoms with van der Waals surface area (Å²) in [4.78, 5) is 17.4. The predicted molar refractivity (Wildman–Crippen MR) is 104 cm³/mol. The van der Waals surface area contributed by atoms with Gasteiger partial charge in [0, 0.05) is 12.5 Å². The molecule has 1 aliphatic heterocycles. The summed E-state index contributed by atoms with van der Waals surface area (Å²) in [5, 5.41) is 0. The van der Waals surface area contributed by atoms with E-state index in [0.717, 1.165) is 44.5 Å². The molecular formula is C22H30N2O2. The van der Waals surface area contributed by atoms with Crippen LogP contribution in [0, 0.1) is 0 Å². The fourth-order valence-electron chi connectivity index (χ4n) is 3.63. The Labute approximate surface area is 156 Å². The third-order valence-corrected chi connectivity index (χ3v) is 5.41. The van der Waals surface area contributed by atoms with Crippen LogP contribution in [0.5, 0.6) is 0 Å². The molecule has 4 nitrogen and oxygen atoms in total. The normalized spacial score (nSPS) is 15.9. The molecule has 1 aromatic carbocycles. The zero-order valence-electron chi connectivity index (χ0n) is 16.0. The van der Waals surface area contributed by atoms with Crippen LogP contribution in [0.3, 0.4) is 0 Å². The standard InChI is InChI=1S/C22H30N2O2/c1-3-18-6-8-19(9-7-18)10-11-22(25)24(17-21-5-4-16-26-21)20-12-14-23(2)15-13-20/h4-9,16,20H,3,10-15,17H2,1-2H3. The van der Waals surface area contributed by atoms with E-state index < -0.39 is 0 Å². The number of aryl methyl sites for hydroxylation is 2. The van der Waals surface area contributed by atoms with E-state index in [1.165, 1.54) is 11.1 Å². The van der Waals surface area contributed by atoms with Gasteiger partial charge in [-0.3, -0.25) is 4.79 Å². The van der Waals surface area contributed by atoms with Gasteiger partial charge in [-0.05, 0) is 69.1 Å². The zero-order chi connectivity index (χ0) is 18.4. The van der Waals surface area contributed by atoms with Crippen LogP contribution in [-0.4, -0.2) is 41.9 Å². The van der Waals surface area contributed by atoms with E-state index in [1.54, 1.807) is 6.26 Å². The van der Waals surface area contributed by atoms with Gasteiger partial charge in [-0.2, -0.15) is 0 Å². The monoisotopic (exact) mass is 354 g/mol. The van der Waals surface area contributed by atoms with Crippen molar-refractivity contribution in [2.45, 2.75) is 51.6 Å². The molecule has 1 fully saturated rings. The number of carbonyl (C=O) groups is 1. The maximum atomic E-state index is 13.0. The van der Waals surface area contributed by atoms with Crippen LogP contribution in [-0.2, 0) is 24.2 Å². The lowest BCUT2D eigenvalue weighted by Crippen LogP contribution is -2.46. The summed E-state index contributed by atoms with van der Waals surface area (Å²) in [7, 11) is 2.15. The maximum Gasteiger partial charge on any atom is 0.223 e. The largest absolute Gasteiger partial charge is 0.467 e. The van der Waals surface area contributed by atoms with E-state index in [1.807, 2.05) is 17.0 Å². The van der Waals surface area contributed by atoms with Crippen LogP contribution in [0.2, 0.25) is 0 Å². The van der Waals surface area contributed by atoms with Crippen LogP contribution >= 0.6 is 0 Å². The fourth-order valence-corrected chi connectivity index (χ4v) is 3.63. The minimum atomic E-state index is 0.232. The predicted octanol–water partition coefficient (Wildman–Crippen LogP) is 3.90. The smallest absolute Gasteiger partial charge is 0.223 e. The number of amides is 1. The van der Waals surface area contributed by atoms with Crippen molar-refractivity contribution >= 4 is 5.91 Å². The number of carbonyl (C=O) groups excluding carboxylic acids is 1. The number of hydrogen-bond donors (Lipinski definition) is 0. The van der Waals surface area contributed by atoms with E-state index in [9.17, 15) is 4.79 Å². The molecule has 3 rings (SSSR count). The van der Waals surface area contributed by atoms with Gasteiger partial charge in [0.25, 0.3) is 0 Å². The number of likely N-dealkylation sites (tertiary alicyclic amines) is 1. The van der Waals surface area contributed by atoms with E-state index in [4.69, 9.17) is 4.42 Å². The lowest BCUT2D eigenvalue weighted by molar-refractivity contribution is -0.135. The average Bonchev–Trinajstić information content (AvgIpc) is 3.19. The quantitative estimate of drug-likeness (QED) is 0.757. The van der Waals surface area contributed by atoms with Gasteiger partial charge in [-0.1, -0.05) is 31.2 Å². The van der Waals surface area contributed by atoms with Crippen molar-refractivity contribution in [1.29, 1.82) is 0 Å². The summed E-state index contributed by atoms with van der Waals surface area (Å²) in [6, 6.07) is 12.8. The van der Waals surface area contributed by atoms with Crippen LogP contribution < -0.4 is 0 Å². The van der Waals surface area contributed by atoms with Gasteiger partial charge in [0.2, 0.25) is 5.91 Å². The lowest BCUT2D eigenvalue weighted by Gasteiger charge is -2.37. The average molecular weight is 354 g/mol. The van der Waals surface area contributed by atoms with Gasteiger partial charge < -0.3 is 14.2 Å². The van der Waals surface area contributed by atoms with Gasteiger partial charge in [0.05, 0.1) is 12.8 Å². The molecule has 1 amide bonds. The van der Waals surface area contributed by atoms with Crippen molar-refractivity contribution in [3.05, 3.63) is 59.5 Å². The Morgan fingerprint density at radius 2 is 1.85 bits per heavy atom. The van der Waals surface area contributed by atoms with Crippen molar-refractivity contribution in [3.63, 3.8) is 0 Å². The molecule has 2 heterocycles. The van der Waals surface area contributed by atoms with E-state index in [2.05, 4.69) is 43.1 Å². The molecule has 0 bridgehead atoms. The second kappa shape index (κ2) is 9.04. The van der Waals surface area contributed by atoms with Crippen molar-refractivity contribution < 1.29 is 9.21 Å². The van der Waals surface area contributed by atoms with Gasteiger partial charge in [0.1, 0.15) is 5.76 Å². The van der Waals surface area contributed by atoms with Gasteiger partial charge in [0.15, 0.2) is 0 Å². The lowest BCUT2D eigenvalue weighted by atomic mass is 10.0. The minimum Gasteiger partial charge on any atom is -0.467 e. The first-order valence-corrected chi connectivity index (χ1v) is 9.74. The molecule has 1 saturated heterocycles. The molecule has 140 valence electrons. The molecule has 0 radical (unpaired) electrons. The Morgan fingerprint density at radius 3 is 2.46 bits per heavy atom. The molecule has 1 aliphatic rings. The SMILES string of the molecule is CCc1ccc(CCC(=O)N(Cc2ccco2)C2CCN(C)CC2)cc1. The summed E-state index contributed by atoms with van der Waals surface area (Å²) in [5.74, 6) is 1.10. The summed E-state index contributed by atoms with van der Waals surface area (Å²) < 4.78 is 5.51. The van der Waals surface area contributed by atoms with E-state index >= 15 is 0 Å². The van der Waals surface area contributed by atoms with Crippen LogP contribution in [0.25, 0.3) is 0 Å². The first-order valence-electron chi connectivity index (χ1n) is 9.74.